The van der Waals surface area contributed by atoms with Gasteiger partial charge in [-0.05, 0) is 66.8 Å². The number of hydrogen-bond donors (Lipinski definition) is 0. The van der Waals surface area contributed by atoms with E-state index in [-0.39, 0.29) is 18.1 Å². The highest BCUT2D eigenvalue weighted by Gasteiger charge is 2.32. The average molecular weight is 497 g/mol. The summed E-state index contributed by atoms with van der Waals surface area (Å²) < 4.78 is 59.1. The minimum atomic E-state index is -4.53. The van der Waals surface area contributed by atoms with Gasteiger partial charge in [0.1, 0.15) is 11.5 Å². The van der Waals surface area contributed by atoms with Gasteiger partial charge in [0, 0.05) is 36.2 Å². The van der Waals surface area contributed by atoms with E-state index in [0.717, 1.165) is 17.8 Å². The Kier molecular flexibility index (Phi) is 6.80. The Hall–Kier alpha value is -3.81. The molecule has 0 N–H and O–H groups in total. The average Bonchev–Trinajstić information content (AvgIpc) is 3.16. The molecule has 0 radical (unpaired) electrons. The molecule has 2 aromatic heterocycles. The van der Waals surface area contributed by atoms with Crippen molar-refractivity contribution in [3.05, 3.63) is 94.5 Å². The first-order valence-corrected chi connectivity index (χ1v) is 11.3. The number of carbonyl (C=O) groups excluding carboxylic acids is 1. The number of aryl methyl sites for hydroxylation is 3. The van der Waals surface area contributed by atoms with E-state index >= 15 is 0 Å². The fraction of sp³-hybridized carbons (Fsp3) is 0.250. The number of carbonyl (C=O) groups is 1. The van der Waals surface area contributed by atoms with E-state index in [9.17, 15) is 22.4 Å². The molecule has 4 aromatic rings. The first kappa shape index (κ1) is 25.3. The number of rotatable bonds is 6. The van der Waals surface area contributed by atoms with Crippen LogP contribution in [0.1, 0.15) is 58.0 Å². The van der Waals surface area contributed by atoms with Crippen molar-refractivity contribution in [3.63, 3.8) is 0 Å². The minimum absolute atomic E-state index is 0.0285. The Bertz CT molecular complexity index is 1420. The molecule has 0 aliphatic rings. The summed E-state index contributed by atoms with van der Waals surface area (Å²) in [5, 5.41) is 0. The number of ketones is 1. The number of oxazole rings is 1. The molecule has 0 saturated heterocycles. The molecule has 2 heterocycles. The maximum Gasteiger partial charge on any atom is 0.433 e. The number of benzene rings is 2. The molecule has 8 heteroatoms. The molecule has 2 aromatic carbocycles. The second-order valence-corrected chi connectivity index (χ2v) is 8.93. The maximum absolute atomic E-state index is 14.8. The Labute approximate surface area is 206 Å². The summed E-state index contributed by atoms with van der Waals surface area (Å²) in [6, 6.07) is 12.2. The van der Waals surface area contributed by atoms with Crippen molar-refractivity contribution in [2.75, 3.05) is 0 Å². The van der Waals surface area contributed by atoms with Crippen LogP contribution in [0.25, 0.3) is 22.5 Å². The summed E-state index contributed by atoms with van der Waals surface area (Å²) in [6.45, 7) is 7.03. The summed E-state index contributed by atoms with van der Waals surface area (Å²) in [7, 11) is 0. The van der Waals surface area contributed by atoms with Gasteiger partial charge >= 0.3 is 6.18 Å². The lowest BCUT2D eigenvalue weighted by Gasteiger charge is -2.14. The summed E-state index contributed by atoms with van der Waals surface area (Å²) in [6.07, 6.45) is -3.36. The van der Waals surface area contributed by atoms with E-state index in [1.165, 1.54) is 12.1 Å². The van der Waals surface area contributed by atoms with Crippen LogP contribution in [0.2, 0.25) is 0 Å². The van der Waals surface area contributed by atoms with Crippen LogP contribution in [0, 0.1) is 26.6 Å². The number of aromatic nitrogens is 2. The zero-order valence-corrected chi connectivity index (χ0v) is 20.2. The van der Waals surface area contributed by atoms with Crippen molar-refractivity contribution in [1.29, 1.82) is 0 Å². The zero-order chi connectivity index (χ0) is 26.2. The number of halogens is 4. The van der Waals surface area contributed by atoms with Gasteiger partial charge in [-0.15, -0.1) is 0 Å². The third-order valence-electron chi connectivity index (χ3n) is 5.99. The quantitative estimate of drug-likeness (QED) is 0.201. The van der Waals surface area contributed by atoms with E-state index in [1.54, 1.807) is 58.0 Å². The van der Waals surface area contributed by atoms with Crippen molar-refractivity contribution < 1.29 is 26.8 Å². The van der Waals surface area contributed by atoms with E-state index in [2.05, 4.69) is 9.97 Å². The minimum Gasteiger partial charge on any atom is -0.441 e. The third kappa shape index (κ3) is 5.37. The van der Waals surface area contributed by atoms with Gasteiger partial charge in [-0.25, -0.2) is 9.37 Å². The molecule has 0 spiro atoms. The predicted octanol–water partition coefficient (Wildman–Crippen LogP) is 7.86. The molecular weight excluding hydrogens is 472 g/mol. The summed E-state index contributed by atoms with van der Waals surface area (Å²) in [5.41, 5.74) is 2.69. The van der Waals surface area contributed by atoms with Crippen LogP contribution in [0.5, 0.6) is 0 Å². The molecule has 4 nitrogen and oxygen atoms in total. The Morgan fingerprint density at radius 2 is 1.72 bits per heavy atom. The molecule has 0 unspecified atom stereocenters. The van der Waals surface area contributed by atoms with Crippen LogP contribution in [-0.2, 0) is 6.18 Å². The highest BCUT2D eigenvalue weighted by Crippen LogP contribution is 2.34. The maximum atomic E-state index is 14.8. The van der Waals surface area contributed by atoms with Crippen LogP contribution >= 0.6 is 0 Å². The van der Waals surface area contributed by atoms with Crippen LogP contribution in [0.15, 0.2) is 59.1 Å². The van der Waals surface area contributed by atoms with E-state index in [0.29, 0.717) is 45.2 Å². The van der Waals surface area contributed by atoms with Gasteiger partial charge in [0.15, 0.2) is 17.4 Å². The number of Topliss-reactive ketones (excluding diaryl/α,β-unsaturated/α-hetero) is 1. The van der Waals surface area contributed by atoms with E-state index < -0.39 is 17.7 Å². The normalized spacial score (nSPS) is 12.6. The van der Waals surface area contributed by atoms with Gasteiger partial charge in [0.2, 0.25) is 0 Å². The first-order valence-electron chi connectivity index (χ1n) is 11.3. The van der Waals surface area contributed by atoms with Crippen molar-refractivity contribution in [2.45, 2.75) is 46.2 Å². The first-order chi connectivity index (χ1) is 16.9. The summed E-state index contributed by atoms with van der Waals surface area (Å²) >= 11 is 0. The Morgan fingerprint density at radius 3 is 2.31 bits per heavy atom. The molecule has 186 valence electrons. The monoisotopic (exact) mass is 496 g/mol. The molecule has 36 heavy (non-hydrogen) atoms. The number of hydrogen-bond acceptors (Lipinski definition) is 4. The lowest BCUT2D eigenvalue weighted by Crippen LogP contribution is -2.10. The van der Waals surface area contributed by atoms with E-state index in [4.69, 9.17) is 4.42 Å². The topological polar surface area (TPSA) is 56.0 Å². The van der Waals surface area contributed by atoms with Crippen LogP contribution in [0.3, 0.4) is 0 Å². The van der Waals surface area contributed by atoms with Crippen molar-refractivity contribution in [3.8, 4) is 22.5 Å². The standard InChI is InChI=1S/C28H24F4N2O2/c1-15-5-7-23(24(29)9-15)20-11-21(13-22(12-20)27-17(3)34-18(4)36-27)25(35)10-16(2)19-6-8-26(33-14-19)28(30,31)32/h5-9,11-14,16H,10H2,1-4H3/t16-/m0/s1. The van der Waals surface area contributed by atoms with Crippen molar-refractivity contribution in [2.24, 2.45) is 0 Å². The van der Waals surface area contributed by atoms with Gasteiger partial charge in [-0.3, -0.25) is 9.78 Å². The molecule has 0 aliphatic heterocycles. The fourth-order valence-corrected chi connectivity index (χ4v) is 4.11. The largest absolute Gasteiger partial charge is 0.441 e. The summed E-state index contributed by atoms with van der Waals surface area (Å²) in [5.74, 6) is -0.0986. The molecule has 4 rings (SSSR count). The van der Waals surface area contributed by atoms with Gasteiger partial charge in [-0.2, -0.15) is 13.2 Å². The predicted molar refractivity (Wildman–Crippen MR) is 128 cm³/mol. The molecule has 0 bridgehead atoms. The highest BCUT2D eigenvalue weighted by molar-refractivity contribution is 5.99. The van der Waals surface area contributed by atoms with Gasteiger partial charge in [0.25, 0.3) is 0 Å². The van der Waals surface area contributed by atoms with Crippen LogP contribution in [-0.4, -0.2) is 15.8 Å². The summed E-state index contributed by atoms with van der Waals surface area (Å²) in [4.78, 5) is 21.1. The van der Waals surface area contributed by atoms with Gasteiger partial charge in [0.05, 0.1) is 5.69 Å². The third-order valence-corrected chi connectivity index (χ3v) is 5.99. The molecule has 0 aliphatic carbocycles. The fourth-order valence-electron chi connectivity index (χ4n) is 4.11. The molecular formula is C28H24F4N2O2. The molecule has 0 saturated carbocycles. The molecule has 0 fully saturated rings. The number of alkyl halides is 3. The smallest absolute Gasteiger partial charge is 0.433 e. The van der Waals surface area contributed by atoms with Gasteiger partial charge in [-0.1, -0.05) is 25.1 Å². The van der Waals surface area contributed by atoms with E-state index in [1.807, 2.05) is 0 Å². The van der Waals surface area contributed by atoms with Crippen molar-refractivity contribution in [1.82, 2.24) is 9.97 Å². The zero-order valence-electron chi connectivity index (χ0n) is 20.2. The molecule has 0 amide bonds. The highest BCUT2D eigenvalue weighted by atomic mass is 19.4. The number of pyridine rings is 1. The SMILES string of the molecule is Cc1ccc(-c2cc(C(=O)C[C@H](C)c3ccc(C(F)(F)F)nc3)cc(-c3oc(C)nc3C)c2)c(F)c1. The Morgan fingerprint density at radius 1 is 1.00 bits per heavy atom. The Balaban J connectivity index is 1.70. The van der Waals surface area contributed by atoms with Gasteiger partial charge < -0.3 is 4.42 Å². The lowest BCUT2D eigenvalue weighted by atomic mass is 9.91. The second-order valence-electron chi connectivity index (χ2n) is 8.93. The van der Waals surface area contributed by atoms with Crippen molar-refractivity contribution >= 4 is 5.78 Å². The lowest BCUT2D eigenvalue weighted by molar-refractivity contribution is -0.141. The van der Waals surface area contributed by atoms with Crippen LogP contribution < -0.4 is 0 Å². The van der Waals surface area contributed by atoms with Crippen LogP contribution in [0.4, 0.5) is 17.6 Å². The number of nitrogens with zero attached hydrogens (tertiary/aromatic N) is 2. The second kappa shape index (κ2) is 9.68. The molecule has 1 atom stereocenters.